The molecule has 0 aliphatic heterocycles. The Balaban J connectivity index is 0.00000176. The van der Waals surface area contributed by atoms with Crippen LogP contribution in [0.15, 0.2) is 18.2 Å². The van der Waals surface area contributed by atoms with Crippen molar-refractivity contribution in [1.29, 1.82) is 0 Å². The van der Waals surface area contributed by atoms with E-state index in [0.717, 1.165) is 31.2 Å². The number of nitrogens with two attached hydrogens (primary N) is 1. The van der Waals surface area contributed by atoms with Crippen LogP contribution in [0.3, 0.4) is 0 Å². The van der Waals surface area contributed by atoms with Gasteiger partial charge in [0.15, 0.2) is 0 Å². The number of carbonyl (C=O) groups excluding carboxylic acids is 1. The predicted molar refractivity (Wildman–Crippen MR) is 92.9 cm³/mol. The van der Waals surface area contributed by atoms with Crippen molar-refractivity contribution < 1.29 is 4.79 Å². The van der Waals surface area contributed by atoms with Crippen LogP contribution in [0.2, 0.25) is 10.0 Å². The molecule has 2 saturated carbocycles. The molecule has 0 saturated heterocycles. The monoisotopic (exact) mass is 362 g/mol. The van der Waals surface area contributed by atoms with Crippen molar-refractivity contribution in [2.75, 3.05) is 6.54 Å². The van der Waals surface area contributed by atoms with E-state index in [4.69, 9.17) is 28.9 Å². The number of nitrogens with one attached hydrogen (secondary N) is 1. The summed E-state index contributed by atoms with van der Waals surface area (Å²) in [6, 6.07) is 5.79. The maximum atomic E-state index is 12.4. The maximum Gasteiger partial charge on any atom is 0.223 e. The molecule has 6 heteroatoms. The van der Waals surface area contributed by atoms with E-state index in [0.29, 0.717) is 22.5 Å². The zero-order valence-electron chi connectivity index (χ0n) is 12.2. The summed E-state index contributed by atoms with van der Waals surface area (Å²) in [6.07, 6.45) is 4.21. The fourth-order valence-electron chi connectivity index (χ4n) is 3.44. The molecule has 1 aromatic carbocycles. The van der Waals surface area contributed by atoms with Gasteiger partial charge in [0.05, 0.1) is 0 Å². The zero-order chi connectivity index (χ0) is 15.0. The molecule has 1 amide bonds. The van der Waals surface area contributed by atoms with Crippen LogP contribution in [0.1, 0.15) is 37.2 Å². The minimum Gasteiger partial charge on any atom is -0.353 e. The van der Waals surface area contributed by atoms with E-state index < -0.39 is 0 Å². The first kappa shape index (κ1) is 17.9. The smallest absolute Gasteiger partial charge is 0.223 e. The number of hydrogen-bond acceptors (Lipinski definition) is 2. The summed E-state index contributed by atoms with van der Waals surface area (Å²) in [6.45, 7) is 0.656. The van der Waals surface area contributed by atoms with Crippen LogP contribution in [0, 0.1) is 11.8 Å². The molecule has 2 aliphatic carbocycles. The second kappa shape index (κ2) is 7.39. The third-order valence-corrected chi connectivity index (χ3v) is 5.17. The van der Waals surface area contributed by atoms with Gasteiger partial charge in [-0.2, -0.15) is 0 Å². The molecule has 0 bridgehead atoms. The van der Waals surface area contributed by atoms with E-state index in [1.54, 1.807) is 6.07 Å². The van der Waals surface area contributed by atoms with E-state index >= 15 is 0 Å². The highest BCUT2D eigenvalue weighted by Gasteiger charge is 2.45. The van der Waals surface area contributed by atoms with Crippen LogP contribution < -0.4 is 11.1 Å². The molecule has 4 unspecified atom stereocenters. The lowest BCUT2D eigenvalue weighted by Gasteiger charge is -2.19. The van der Waals surface area contributed by atoms with Gasteiger partial charge in [0.25, 0.3) is 0 Å². The Bertz CT molecular complexity index is 532. The summed E-state index contributed by atoms with van der Waals surface area (Å²) in [5, 5.41) is 4.44. The number of benzene rings is 1. The quantitative estimate of drug-likeness (QED) is 0.855. The van der Waals surface area contributed by atoms with E-state index in [1.165, 1.54) is 0 Å². The predicted octanol–water partition coefficient (Wildman–Crippen LogP) is 3.76. The number of carbonyl (C=O) groups is 1. The molecule has 122 valence electrons. The highest BCUT2D eigenvalue weighted by atomic mass is 35.5. The first-order valence-corrected chi connectivity index (χ1v) is 8.30. The fourth-order valence-corrected chi connectivity index (χ4v) is 3.98. The summed E-state index contributed by atoms with van der Waals surface area (Å²) >= 11 is 12.1. The highest BCUT2D eigenvalue weighted by Crippen LogP contribution is 2.48. The van der Waals surface area contributed by atoms with E-state index in [9.17, 15) is 4.79 Å². The van der Waals surface area contributed by atoms with Gasteiger partial charge >= 0.3 is 0 Å². The van der Waals surface area contributed by atoms with Crippen LogP contribution in [0.25, 0.3) is 0 Å². The molecule has 22 heavy (non-hydrogen) atoms. The average Bonchev–Trinajstić information content (AvgIpc) is 3.12. The summed E-state index contributed by atoms with van der Waals surface area (Å²) < 4.78 is 0. The number of hydrogen-bond donors (Lipinski definition) is 2. The van der Waals surface area contributed by atoms with Gasteiger partial charge in [-0.3, -0.25) is 4.79 Å². The topological polar surface area (TPSA) is 55.1 Å². The largest absolute Gasteiger partial charge is 0.353 e. The molecule has 1 aromatic rings. The minimum atomic E-state index is 0. The molecule has 4 atom stereocenters. The Morgan fingerprint density at radius 2 is 1.91 bits per heavy atom. The average molecular weight is 364 g/mol. The van der Waals surface area contributed by atoms with E-state index in [2.05, 4.69) is 5.32 Å². The van der Waals surface area contributed by atoms with Gasteiger partial charge in [-0.25, -0.2) is 0 Å². The van der Waals surface area contributed by atoms with Gasteiger partial charge in [0.1, 0.15) is 0 Å². The Hall–Kier alpha value is -0.480. The van der Waals surface area contributed by atoms with Crippen molar-refractivity contribution in [2.45, 2.75) is 37.6 Å². The molecule has 3 nitrogen and oxygen atoms in total. The maximum absolute atomic E-state index is 12.4. The van der Waals surface area contributed by atoms with Gasteiger partial charge in [0.2, 0.25) is 5.91 Å². The Morgan fingerprint density at radius 3 is 2.55 bits per heavy atom. The summed E-state index contributed by atoms with van der Waals surface area (Å²) in [5.41, 5.74) is 6.83. The van der Waals surface area contributed by atoms with Crippen molar-refractivity contribution in [3.8, 4) is 0 Å². The first-order valence-electron chi connectivity index (χ1n) is 7.55. The van der Waals surface area contributed by atoms with Crippen molar-refractivity contribution in [3.63, 3.8) is 0 Å². The normalized spacial score (nSPS) is 29.8. The van der Waals surface area contributed by atoms with Gasteiger partial charge in [-0.05, 0) is 61.4 Å². The summed E-state index contributed by atoms with van der Waals surface area (Å²) in [4.78, 5) is 12.4. The molecular formula is C16H21Cl3N2O. The Labute approximate surface area is 147 Å². The molecule has 3 N–H and O–H groups in total. The molecule has 2 aliphatic rings. The SMILES string of the molecule is Cl.NCC1CCCC1NC(=O)C1CC1c1cc(Cl)cc(Cl)c1. The third kappa shape index (κ3) is 3.88. The van der Waals surface area contributed by atoms with Gasteiger partial charge in [0, 0.05) is 22.0 Å². The Kier molecular flexibility index (Phi) is 6.00. The molecule has 0 aromatic heterocycles. The van der Waals surface area contributed by atoms with Crippen LogP contribution in [-0.2, 0) is 4.79 Å². The number of rotatable bonds is 4. The second-order valence-corrected chi connectivity index (χ2v) is 7.07. The van der Waals surface area contributed by atoms with Crippen LogP contribution in [0.5, 0.6) is 0 Å². The lowest BCUT2D eigenvalue weighted by atomic mass is 10.0. The van der Waals surface area contributed by atoms with Crippen molar-refractivity contribution in [3.05, 3.63) is 33.8 Å². The van der Waals surface area contributed by atoms with E-state index in [-0.39, 0.29) is 36.2 Å². The lowest BCUT2D eigenvalue weighted by Crippen LogP contribution is -2.40. The molecule has 0 heterocycles. The molecule has 2 fully saturated rings. The van der Waals surface area contributed by atoms with Crippen molar-refractivity contribution >= 4 is 41.5 Å². The lowest BCUT2D eigenvalue weighted by molar-refractivity contribution is -0.123. The standard InChI is InChI=1S/C16H20Cl2N2O.ClH/c17-11-4-10(5-12(18)6-11)13-7-14(13)16(21)20-15-3-1-2-9(15)8-19;/h4-6,9,13-15H,1-3,7-8,19H2,(H,20,21);1H. The van der Waals surface area contributed by atoms with E-state index in [1.807, 2.05) is 12.1 Å². The zero-order valence-corrected chi connectivity index (χ0v) is 14.6. The van der Waals surface area contributed by atoms with Crippen molar-refractivity contribution in [1.82, 2.24) is 5.32 Å². The molecule has 0 spiro atoms. The molecule has 0 radical (unpaired) electrons. The number of halogens is 3. The van der Waals surface area contributed by atoms with Crippen LogP contribution in [0.4, 0.5) is 0 Å². The third-order valence-electron chi connectivity index (χ3n) is 4.73. The van der Waals surface area contributed by atoms with Crippen LogP contribution >= 0.6 is 35.6 Å². The van der Waals surface area contributed by atoms with Gasteiger partial charge < -0.3 is 11.1 Å². The van der Waals surface area contributed by atoms with Crippen LogP contribution in [-0.4, -0.2) is 18.5 Å². The highest BCUT2D eigenvalue weighted by molar-refractivity contribution is 6.34. The molecule has 3 rings (SSSR count). The van der Waals surface area contributed by atoms with Crippen molar-refractivity contribution in [2.24, 2.45) is 17.6 Å². The summed E-state index contributed by atoms with van der Waals surface area (Å²) in [5.74, 6) is 0.894. The second-order valence-electron chi connectivity index (χ2n) is 6.19. The fraction of sp³-hybridized carbons (Fsp3) is 0.562. The minimum absolute atomic E-state index is 0. The Morgan fingerprint density at radius 1 is 1.23 bits per heavy atom. The summed E-state index contributed by atoms with van der Waals surface area (Å²) in [7, 11) is 0. The first-order chi connectivity index (χ1) is 10.1. The van der Waals surface area contributed by atoms with Gasteiger partial charge in [-0.15, -0.1) is 12.4 Å². The molecular weight excluding hydrogens is 343 g/mol. The van der Waals surface area contributed by atoms with Gasteiger partial charge in [-0.1, -0.05) is 29.6 Å². The number of amides is 1.